The van der Waals surface area contributed by atoms with E-state index in [9.17, 15) is 9.59 Å². The molecule has 0 atom stereocenters. The van der Waals surface area contributed by atoms with Gasteiger partial charge in [-0.1, -0.05) is 11.6 Å². The number of carboxylic acid groups (broad SMARTS) is 1. The Balaban J connectivity index is 2.17. The number of nitrogens with one attached hydrogen (secondary N) is 1. The molecule has 0 aliphatic rings. The van der Waals surface area contributed by atoms with Gasteiger partial charge in [0, 0.05) is 11.9 Å². The number of thiazole rings is 1. The molecule has 0 saturated heterocycles. The van der Waals surface area contributed by atoms with Crippen molar-refractivity contribution in [1.82, 2.24) is 4.98 Å². The van der Waals surface area contributed by atoms with E-state index in [1.807, 2.05) is 0 Å². The van der Waals surface area contributed by atoms with Gasteiger partial charge in [-0.2, -0.15) is 0 Å². The van der Waals surface area contributed by atoms with Crippen molar-refractivity contribution in [1.29, 1.82) is 0 Å². The van der Waals surface area contributed by atoms with Crippen molar-refractivity contribution in [3.63, 3.8) is 0 Å². The Morgan fingerprint density at radius 1 is 1.45 bits per heavy atom. The van der Waals surface area contributed by atoms with Crippen LogP contribution in [-0.4, -0.2) is 22.0 Å². The van der Waals surface area contributed by atoms with Gasteiger partial charge in [-0.3, -0.25) is 4.79 Å². The molecule has 0 aliphatic carbocycles. The summed E-state index contributed by atoms with van der Waals surface area (Å²) in [6.07, 6.45) is 0. The number of rotatable bonds is 4. The van der Waals surface area contributed by atoms with Crippen molar-refractivity contribution in [2.75, 3.05) is 5.32 Å². The average Bonchev–Trinajstić information content (AvgIpc) is 2.89. The van der Waals surface area contributed by atoms with Gasteiger partial charge in [-0.05, 0) is 18.2 Å². The van der Waals surface area contributed by atoms with Crippen LogP contribution >= 0.6 is 22.9 Å². The quantitative estimate of drug-likeness (QED) is 0.802. The molecule has 2 aromatic rings. The third-order valence-corrected chi connectivity index (χ3v) is 3.61. The zero-order valence-electron chi connectivity index (χ0n) is 10.1. The second kappa shape index (κ2) is 6.00. The molecule has 4 N–H and O–H groups in total. The molecule has 104 valence electrons. The number of amides is 1. The highest BCUT2D eigenvalue weighted by atomic mass is 35.5. The lowest BCUT2D eigenvalue weighted by atomic mass is 10.2. The van der Waals surface area contributed by atoms with Crippen LogP contribution in [0.15, 0.2) is 23.6 Å². The van der Waals surface area contributed by atoms with Crippen molar-refractivity contribution in [3.05, 3.63) is 44.9 Å². The molecule has 20 heavy (non-hydrogen) atoms. The number of hydrogen-bond acceptors (Lipinski definition) is 5. The number of benzene rings is 1. The van der Waals surface area contributed by atoms with Gasteiger partial charge in [0.2, 0.25) is 0 Å². The van der Waals surface area contributed by atoms with E-state index in [0.29, 0.717) is 10.7 Å². The highest BCUT2D eigenvalue weighted by Crippen LogP contribution is 2.24. The number of carbonyl (C=O) groups excluding carboxylic acids is 1. The normalized spacial score (nSPS) is 10.3. The SMILES string of the molecule is NCc1nc(C(=O)Nc2ccc(C(=O)O)cc2Cl)cs1. The molecule has 8 heteroatoms. The van der Waals surface area contributed by atoms with Crippen molar-refractivity contribution in [2.24, 2.45) is 5.73 Å². The molecule has 2 rings (SSSR count). The van der Waals surface area contributed by atoms with Crippen LogP contribution in [0.5, 0.6) is 0 Å². The third kappa shape index (κ3) is 3.13. The number of nitrogens with zero attached hydrogens (tertiary/aromatic N) is 1. The number of halogens is 1. The first kappa shape index (κ1) is 14.4. The lowest BCUT2D eigenvalue weighted by molar-refractivity contribution is 0.0696. The largest absolute Gasteiger partial charge is 0.478 e. The summed E-state index contributed by atoms with van der Waals surface area (Å²) in [5.41, 5.74) is 6.04. The van der Waals surface area contributed by atoms with Gasteiger partial charge in [-0.15, -0.1) is 11.3 Å². The average molecular weight is 312 g/mol. The summed E-state index contributed by atoms with van der Waals surface area (Å²) in [5, 5.41) is 13.8. The monoisotopic (exact) mass is 311 g/mol. The van der Waals surface area contributed by atoms with Crippen LogP contribution in [0.3, 0.4) is 0 Å². The molecule has 1 aromatic carbocycles. The van der Waals surface area contributed by atoms with Gasteiger partial charge in [0.1, 0.15) is 10.7 Å². The van der Waals surface area contributed by atoms with Crippen LogP contribution < -0.4 is 11.1 Å². The number of hydrogen-bond donors (Lipinski definition) is 3. The summed E-state index contributed by atoms with van der Waals surface area (Å²) in [4.78, 5) is 26.8. The topological polar surface area (TPSA) is 105 Å². The Labute approximate surface area is 123 Å². The Morgan fingerprint density at radius 2 is 2.20 bits per heavy atom. The van der Waals surface area contributed by atoms with E-state index in [1.165, 1.54) is 29.5 Å². The number of anilines is 1. The number of aromatic carboxylic acids is 1. The number of aromatic nitrogens is 1. The predicted molar refractivity (Wildman–Crippen MR) is 76.4 cm³/mol. The summed E-state index contributed by atoms with van der Waals surface area (Å²) in [7, 11) is 0. The van der Waals surface area contributed by atoms with Crippen LogP contribution in [0.25, 0.3) is 0 Å². The highest BCUT2D eigenvalue weighted by Gasteiger charge is 2.13. The fourth-order valence-electron chi connectivity index (χ4n) is 1.44. The van der Waals surface area contributed by atoms with Crippen LogP contribution in [0.4, 0.5) is 5.69 Å². The molecule has 1 heterocycles. The maximum Gasteiger partial charge on any atom is 0.335 e. The minimum absolute atomic E-state index is 0.0482. The van der Waals surface area contributed by atoms with Crippen molar-refractivity contribution in [2.45, 2.75) is 6.54 Å². The van der Waals surface area contributed by atoms with Gasteiger partial charge in [0.05, 0.1) is 16.3 Å². The zero-order valence-corrected chi connectivity index (χ0v) is 11.7. The molecule has 6 nitrogen and oxygen atoms in total. The molecule has 0 saturated carbocycles. The number of carboxylic acids is 1. The van der Waals surface area contributed by atoms with Crippen LogP contribution in [0.1, 0.15) is 25.9 Å². The van der Waals surface area contributed by atoms with Crippen molar-refractivity contribution < 1.29 is 14.7 Å². The van der Waals surface area contributed by atoms with Gasteiger partial charge >= 0.3 is 5.97 Å². The van der Waals surface area contributed by atoms with Crippen LogP contribution in [-0.2, 0) is 6.54 Å². The fourth-order valence-corrected chi connectivity index (χ4v) is 2.33. The molecular formula is C12H10ClN3O3S. The summed E-state index contributed by atoms with van der Waals surface area (Å²) < 4.78 is 0. The van der Waals surface area contributed by atoms with Crippen molar-refractivity contribution >= 4 is 40.5 Å². The Bertz CT molecular complexity index is 672. The van der Waals surface area contributed by atoms with E-state index in [-0.39, 0.29) is 22.8 Å². The Morgan fingerprint density at radius 3 is 2.75 bits per heavy atom. The van der Waals surface area contributed by atoms with Crippen molar-refractivity contribution in [3.8, 4) is 0 Å². The lowest BCUT2D eigenvalue weighted by Crippen LogP contribution is -2.13. The Hall–Kier alpha value is -1.96. The summed E-state index contributed by atoms with van der Waals surface area (Å²) in [5.74, 6) is -1.51. The van der Waals surface area contributed by atoms with E-state index in [2.05, 4.69) is 10.3 Å². The molecule has 0 radical (unpaired) electrons. The van der Waals surface area contributed by atoms with Crippen LogP contribution in [0, 0.1) is 0 Å². The predicted octanol–water partition coefficient (Wildman–Crippen LogP) is 2.21. The molecule has 0 aliphatic heterocycles. The Kier molecular flexibility index (Phi) is 4.33. The maximum absolute atomic E-state index is 11.9. The van der Waals surface area contributed by atoms with Gasteiger partial charge in [-0.25, -0.2) is 9.78 Å². The first-order valence-corrected chi connectivity index (χ1v) is 6.75. The fraction of sp³-hybridized carbons (Fsp3) is 0.0833. The van der Waals surface area contributed by atoms with E-state index in [1.54, 1.807) is 5.38 Å². The highest BCUT2D eigenvalue weighted by molar-refractivity contribution is 7.09. The minimum Gasteiger partial charge on any atom is -0.478 e. The number of carbonyl (C=O) groups is 2. The molecule has 0 fully saturated rings. The zero-order chi connectivity index (χ0) is 14.7. The van der Waals surface area contributed by atoms with E-state index >= 15 is 0 Å². The molecule has 0 bridgehead atoms. The smallest absolute Gasteiger partial charge is 0.335 e. The second-order valence-electron chi connectivity index (χ2n) is 3.78. The number of nitrogens with two attached hydrogens (primary N) is 1. The minimum atomic E-state index is -1.09. The maximum atomic E-state index is 11.9. The summed E-state index contributed by atoms with van der Waals surface area (Å²) >= 11 is 7.21. The molecule has 0 unspecified atom stereocenters. The summed E-state index contributed by atoms with van der Waals surface area (Å²) in [6, 6.07) is 4.06. The molecule has 1 aromatic heterocycles. The standard InChI is InChI=1S/C12H10ClN3O3S/c13-7-3-6(12(18)19)1-2-8(7)16-11(17)9-5-20-10(4-14)15-9/h1-3,5H,4,14H2,(H,16,17)(H,18,19). The van der Waals surface area contributed by atoms with Crippen LogP contribution in [0.2, 0.25) is 5.02 Å². The van der Waals surface area contributed by atoms with E-state index < -0.39 is 11.9 Å². The molecule has 1 amide bonds. The van der Waals surface area contributed by atoms with E-state index in [0.717, 1.165) is 0 Å². The first-order valence-electron chi connectivity index (χ1n) is 5.50. The second-order valence-corrected chi connectivity index (χ2v) is 5.13. The van der Waals surface area contributed by atoms with Gasteiger partial charge < -0.3 is 16.2 Å². The first-order chi connectivity index (χ1) is 9.51. The van der Waals surface area contributed by atoms with Gasteiger partial charge in [0.25, 0.3) is 5.91 Å². The lowest BCUT2D eigenvalue weighted by Gasteiger charge is -2.06. The van der Waals surface area contributed by atoms with Gasteiger partial charge in [0.15, 0.2) is 0 Å². The molecule has 0 spiro atoms. The summed E-state index contributed by atoms with van der Waals surface area (Å²) in [6.45, 7) is 0.270. The van der Waals surface area contributed by atoms with E-state index in [4.69, 9.17) is 22.4 Å². The third-order valence-electron chi connectivity index (χ3n) is 2.42. The molecular weight excluding hydrogens is 302 g/mol.